The van der Waals surface area contributed by atoms with Crippen LogP contribution in [0.5, 0.6) is 0 Å². The van der Waals surface area contributed by atoms with Crippen LogP contribution in [0.3, 0.4) is 0 Å². The average Bonchev–Trinajstić information content (AvgIpc) is 2.41. The van der Waals surface area contributed by atoms with Gasteiger partial charge in [-0.1, -0.05) is 52.6 Å². The minimum atomic E-state index is 0.513. The van der Waals surface area contributed by atoms with Crippen LogP contribution in [-0.2, 0) is 6.42 Å². The van der Waals surface area contributed by atoms with E-state index in [0.29, 0.717) is 17.1 Å². The van der Waals surface area contributed by atoms with Crippen LogP contribution in [0.25, 0.3) is 0 Å². The average molecular weight is 298 g/mol. The molecular weight excluding hydrogens is 270 g/mol. The Labute approximate surface area is 128 Å². The Morgan fingerprint density at radius 3 is 2.30 bits per heavy atom. The molecule has 0 aromatic carbocycles. The van der Waals surface area contributed by atoms with E-state index in [1.165, 1.54) is 0 Å². The van der Waals surface area contributed by atoms with Crippen LogP contribution >= 0.6 is 11.6 Å². The molecule has 0 bridgehead atoms. The maximum Gasteiger partial charge on any atom is 0.137 e. The van der Waals surface area contributed by atoms with Crippen molar-refractivity contribution >= 4 is 17.4 Å². The van der Waals surface area contributed by atoms with Crippen LogP contribution in [0, 0.1) is 5.92 Å². The summed E-state index contributed by atoms with van der Waals surface area (Å²) < 4.78 is 0. The quantitative estimate of drug-likeness (QED) is 0.649. The Bertz CT molecular complexity index is 403. The largest absolute Gasteiger partial charge is 0.353 e. The number of rotatable bonds is 8. The Hall–Kier alpha value is -0.830. The van der Waals surface area contributed by atoms with E-state index in [4.69, 9.17) is 11.6 Å². The predicted molar refractivity (Wildman–Crippen MR) is 87.6 cm³/mol. The molecule has 0 spiro atoms. The van der Waals surface area contributed by atoms with Crippen molar-refractivity contribution in [2.75, 3.05) is 11.4 Å². The molecule has 0 unspecified atom stereocenters. The van der Waals surface area contributed by atoms with Crippen molar-refractivity contribution in [3.63, 3.8) is 0 Å². The summed E-state index contributed by atoms with van der Waals surface area (Å²) in [6, 6.07) is 0.513. The summed E-state index contributed by atoms with van der Waals surface area (Å²) in [7, 11) is 0. The highest BCUT2D eigenvalue weighted by atomic mass is 35.5. The fourth-order valence-electron chi connectivity index (χ4n) is 2.63. The van der Waals surface area contributed by atoms with Gasteiger partial charge in [-0.05, 0) is 25.2 Å². The van der Waals surface area contributed by atoms with Crippen molar-refractivity contribution in [1.29, 1.82) is 0 Å². The van der Waals surface area contributed by atoms with E-state index < -0.39 is 0 Å². The van der Waals surface area contributed by atoms with Gasteiger partial charge in [-0.2, -0.15) is 0 Å². The van der Waals surface area contributed by atoms with Gasteiger partial charge in [0.15, 0.2) is 0 Å². The van der Waals surface area contributed by atoms with Crippen LogP contribution in [0.2, 0.25) is 5.15 Å². The van der Waals surface area contributed by atoms with Crippen molar-refractivity contribution in [3.8, 4) is 0 Å². The fourth-order valence-corrected chi connectivity index (χ4v) is 2.85. The maximum absolute atomic E-state index is 6.30. The Balaban J connectivity index is 3.21. The summed E-state index contributed by atoms with van der Waals surface area (Å²) in [6.07, 6.45) is 5.82. The lowest BCUT2D eigenvalue weighted by atomic mass is 10.1. The molecule has 0 aliphatic heterocycles. The number of hydrogen-bond donors (Lipinski definition) is 0. The van der Waals surface area contributed by atoms with E-state index in [0.717, 1.165) is 43.6 Å². The molecule has 0 fully saturated rings. The van der Waals surface area contributed by atoms with Crippen LogP contribution in [-0.4, -0.2) is 22.6 Å². The first kappa shape index (κ1) is 17.2. The molecule has 1 aromatic rings. The number of nitrogens with zero attached hydrogens (tertiary/aromatic N) is 3. The summed E-state index contributed by atoms with van der Waals surface area (Å²) in [6.45, 7) is 12.1. The third-order valence-corrected chi connectivity index (χ3v) is 3.91. The van der Waals surface area contributed by atoms with Crippen molar-refractivity contribution in [3.05, 3.63) is 17.0 Å². The van der Waals surface area contributed by atoms with E-state index in [-0.39, 0.29) is 0 Å². The first-order valence-corrected chi connectivity index (χ1v) is 8.18. The van der Waals surface area contributed by atoms with Crippen molar-refractivity contribution in [2.45, 2.75) is 66.3 Å². The third kappa shape index (κ3) is 4.34. The van der Waals surface area contributed by atoms with Gasteiger partial charge >= 0.3 is 0 Å². The minimum Gasteiger partial charge on any atom is -0.353 e. The Kier molecular flexibility index (Phi) is 7.28. The monoisotopic (exact) mass is 297 g/mol. The first-order chi connectivity index (χ1) is 9.54. The van der Waals surface area contributed by atoms with Crippen LogP contribution in [0.15, 0.2) is 6.33 Å². The number of hydrogen-bond acceptors (Lipinski definition) is 3. The molecule has 1 aromatic heterocycles. The molecule has 0 saturated carbocycles. The summed E-state index contributed by atoms with van der Waals surface area (Å²) >= 11 is 6.30. The van der Waals surface area contributed by atoms with Gasteiger partial charge in [0.1, 0.15) is 17.3 Å². The van der Waals surface area contributed by atoms with Crippen LogP contribution in [0.4, 0.5) is 5.82 Å². The topological polar surface area (TPSA) is 29.0 Å². The van der Waals surface area contributed by atoms with Gasteiger partial charge in [0, 0.05) is 18.2 Å². The molecule has 0 N–H and O–H groups in total. The fraction of sp³-hybridized carbons (Fsp3) is 0.750. The second-order valence-corrected chi connectivity index (χ2v) is 6.09. The third-order valence-electron chi connectivity index (χ3n) is 3.59. The van der Waals surface area contributed by atoms with Crippen molar-refractivity contribution < 1.29 is 0 Å². The molecule has 3 nitrogen and oxygen atoms in total. The molecule has 114 valence electrons. The van der Waals surface area contributed by atoms with Gasteiger partial charge in [0.25, 0.3) is 0 Å². The molecular formula is C16H28ClN3. The summed E-state index contributed by atoms with van der Waals surface area (Å²) in [5, 5.41) is 0.608. The molecule has 0 radical (unpaired) electrons. The molecule has 1 heterocycles. The highest BCUT2D eigenvalue weighted by molar-refractivity contribution is 6.30. The molecule has 0 aliphatic carbocycles. The molecule has 0 atom stereocenters. The summed E-state index contributed by atoms with van der Waals surface area (Å²) in [5.74, 6) is 1.63. The Morgan fingerprint density at radius 1 is 1.15 bits per heavy atom. The molecule has 20 heavy (non-hydrogen) atoms. The highest BCUT2D eigenvalue weighted by Gasteiger charge is 2.22. The first-order valence-electron chi connectivity index (χ1n) is 7.80. The zero-order valence-electron chi connectivity index (χ0n) is 13.5. The lowest BCUT2D eigenvalue weighted by Crippen LogP contribution is -2.38. The predicted octanol–water partition coefficient (Wildman–Crippen LogP) is 4.73. The lowest BCUT2D eigenvalue weighted by Gasteiger charge is -2.34. The molecule has 4 heteroatoms. The van der Waals surface area contributed by atoms with Crippen LogP contribution in [0.1, 0.15) is 59.4 Å². The zero-order valence-corrected chi connectivity index (χ0v) is 14.2. The summed E-state index contributed by atoms with van der Waals surface area (Å²) in [4.78, 5) is 11.2. The minimum absolute atomic E-state index is 0.513. The van der Waals surface area contributed by atoms with Gasteiger partial charge in [-0.3, -0.25) is 0 Å². The van der Waals surface area contributed by atoms with E-state index in [1.54, 1.807) is 6.33 Å². The summed E-state index contributed by atoms with van der Waals surface area (Å²) in [5.41, 5.74) is 1.10. The van der Waals surface area contributed by atoms with E-state index in [1.807, 2.05) is 0 Å². The number of halogens is 1. The second kappa shape index (κ2) is 8.46. The van der Waals surface area contributed by atoms with Crippen LogP contribution < -0.4 is 4.90 Å². The van der Waals surface area contributed by atoms with Gasteiger partial charge in [0.2, 0.25) is 0 Å². The number of anilines is 1. The normalized spacial score (nSPS) is 11.4. The van der Waals surface area contributed by atoms with Gasteiger partial charge in [0.05, 0.1) is 0 Å². The molecule has 0 saturated heterocycles. The van der Waals surface area contributed by atoms with Crippen molar-refractivity contribution in [2.24, 2.45) is 5.92 Å². The Morgan fingerprint density at radius 2 is 1.80 bits per heavy atom. The zero-order chi connectivity index (χ0) is 15.1. The van der Waals surface area contributed by atoms with Gasteiger partial charge < -0.3 is 4.90 Å². The van der Waals surface area contributed by atoms with Crippen molar-refractivity contribution in [1.82, 2.24) is 9.97 Å². The second-order valence-electron chi connectivity index (χ2n) is 5.73. The molecule has 0 aliphatic rings. The highest BCUT2D eigenvalue weighted by Crippen LogP contribution is 2.28. The van der Waals surface area contributed by atoms with Gasteiger partial charge in [-0.25, -0.2) is 9.97 Å². The standard InChI is InChI=1S/C16H28ClN3/c1-6-9-14-15(17)18-11-19-16(14)20(10-12(4)5)13(7-2)8-3/h11-13H,6-10H2,1-5H3. The van der Waals surface area contributed by atoms with E-state index >= 15 is 0 Å². The smallest absolute Gasteiger partial charge is 0.137 e. The van der Waals surface area contributed by atoms with E-state index in [2.05, 4.69) is 49.5 Å². The maximum atomic E-state index is 6.30. The molecule has 0 amide bonds. The van der Waals surface area contributed by atoms with E-state index in [9.17, 15) is 0 Å². The van der Waals surface area contributed by atoms with Gasteiger partial charge in [-0.15, -0.1) is 0 Å². The lowest BCUT2D eigenvalue weighted by molar-refractivity contribution is 0.501. The SMILES string of the molecule is CCCc1c(Cl)ncnc1N(CC(C)C)C(CC)CC. The molecule has 1 rings (SSSR count). The number of aromatic nitrogens is 2.